The highest BCUT2D eigenvalue weighted by Crippen LogP contribution is 2.27. The Hall–Kier alpha value is -3.94. The number of hydrogen-bond donors (Lipinski definition) is 2. The largest absolute Gasteiger partial charge is 0.451 e. The molecule has 2 N–H and O–H groups in total. The maximum absolute atomic E-state index is 13.3. The van der Waals surface area contributed by atoms with E-state index in [1.54, 1.807) is 29.8 Å². The Balaban J connectivity index is 1.39. The molecule has 0 saturated heterocycles. The van der Waals surface area contributed by atoms with Crippen molar-refractivity contribution in [2.24, 2.45) is 0 Å². The number of furan rings is 1. The first-order valence-corrected chi connectivity index (χ1v) is 10.5. The molecule has 7 nitrogen and oxygen atoms in total. The maximum atomic E-state index is 13.3. The highest BCUT2D eigenvalue weighted by Gasteiger charge is 2.26. The van der Waals surface area contributed by atoms with Crippen LogP contribution >= 0.6 is 0 Å². The molecule has 2 aromatic heterocycles. The molecule has 2 aromatic carbocycles. The number of nitrogens with zero attached hydrogens (tertiary/aromatic N) is 2. The summed E-state index contributed by atoms with van der Waals surface area (Å²) >= 11 is 0. The Labute approximate surface area is 183 Å². The van der Waals surface area contributed by atoms with Gasteiger partial charge >= 0.3 is 5.91 Å². The van der Waals surface area contributed by atoms with E-state index < -0.39 is 11.8 Å². The molecule has 8 heteroatoms. The normalized spacial score (nSPS) is 13.1. The molecule has 0 spiro atoms. The predicted octanol–water partition coefficient (Wildman–Crippen LogP) is 4.02. The summed E-state index contributed by atoms with van der Waals surface area (Å²) < 4.78 is 20.7. The van der Waals surface area contributed by atoms with E-state index in [4.69, 9.17) is 4.42 Å². The van der Waals surface area contributed by atoms with E-state index in [0.29, 0.717) is 16.8 Å². The zero-order valence-electron chi connectivity index (χ0n) is 17.4. The molecule has 0 saturated carbocycles. The van der Waals surface area contributed by atoms with Gasteiger partial charge in [-0.15, -0.1) is 0 Å². The summed E-state index contributed by atoms with van der Waals surface area (Å²) in [5.74, 6) is -1.24. The number of carbonyl (C=O) groups is 2. The third kappa shape index (κ3) is 3.43. The lowest BCUT2D eigenvalue weighted by Gasteiger charge is -2.14. The third-order valence-corrected chi connectivity index (χ3v) is 5.81. The summed E-state index contributed by atoms with van der Waals surface area (Å²) in [6, 6.07) is 13.3. The van der Waals surface area contributed by atoms with Crippen molar-refractivity contribution in [3.63, 3.8) is 0 Å². The summed E-state index contributed by atoms with van der Waals surface area (Å²) in [7, 11) is 0. The fourth-order valence-corrected chi connectivity index (χ4v) is 4.20. The fourth-order valence-electron chi connectivity index (χ4n) is 4.20. The molecule has 0 radical (unpaired) electrons. The van der Waals surface area contributed by atoms with Gasteiger partial charge in [-0.1, -0.05) is 18.2 Å². The lowest BCUT2D eigenvalue weighted by Crippen LogP contribution is -2.42. The van der Waals surface area contributed by atoms with E-state index >= 15 is 0 Å². The van der Waals surface area contributed by atoms with Crippen LogP contribution in [0.3, 0.4) is 0 Å². The average molecular weight is 432 g/mol. The molecule has 0 fully saturated rings. The van der Waals surface area contributed by atoms with Crippen LogP contribution in [0.2, 0.25) is 0 Å². The van der Waals surface area contributed by atoms with Crippen LogP contribution in [0.25, 0.3) is 16.7 Å². The molecule has 32 heavy (non-hydrogen) atoms. The van der Waals surface area contributed by atoms with Gasteiger partial charge in [0.15, 0.2) is 11.5 Å². The lowest BCUT2D eigenvalue weighted by molar-refractivity contribution is 0.0828. The number of halogens is 1. The molecule has 2 heterocycles. The molecule has 0 atom stereocenters. The van der Waals surface area contributed by atoms with Gasteiger partial charge in [-0.3, -0.25) is 20.4 Å². The van der Waals surface area contributed by atoms with Crippen molar-refractivity contribution in [3.8, 4) is 5.69 Å². The Morgan fingerprint density at radius 1 is 1.00 bits per heavy atom. The molecule has 4 aromatic rings. The molecular weight excluding hydrogens is 411 g/mol. The Bertz CT molecular complexity index is 1340. The van der Waals surface area contributed by atoms with E-state index in [9.17, 15) is 14.0 Å². The van der Waals surface area contributed by atoms with Crippen LogP contribution in [0.15, 0.2) is 52.9 Å². The highest BCUT2D eigenvalue weighted by molar-refractivity contribution is 6.01. The molecule has 2 amide bonds. The highest BCUT2D eigenvalue weighted by atomic mass is 19.1. The first-order valence-electron chi connectivity index (χ1n) is 10.5. The summed E-state index contributed by atoms with van der Waals surface area (Å²) in [4.78, 5) is 25.6. The van der Waals surface area contributed by atoms with Crippen molar-refractivity contribution in [1.29, 1.82) is 0 Å². The predicted molar refractivity (Wildman–Crippen MR) is 116 cm³/mol. The molecule has 0 bridgehead atoms. The Kier molecular flexibility index (Phi) is 4.97. The first kappa shape index (κ1) is 20.0. The summed E-state index contributed by atoms with van der Waals surface area (Å²) in [5, 5.41) is 5.35. The van der Waals surface area contributed by atoms with Gasteiger partial charge in [-0.25, -0.2) is 9.07 Å². The number of aromatic nitrogens is 2. The number of rotatable bonds is 3. The molecule has 1 aliphatic carbocycles. The van der Waals surface area contributed by atoms with Crippen molar-refractivity contribution in [3.05, 3.63) is 82.6 Å². The van der Waals surface area contributed by atoms with Crippen LogP contribution in [-0.4, -0.2) is 21.6 Å². The summed E-state index contributed by atoms with van der Waals surface area (Å²) in [6.07, 6.45) is 3.43. The number of carbonyl (C=O) groups excluding carboxylic acids is 2. The van der Waals surface area contributed by atoms with Gasteiger partial charge in [-0.2, -0.15) is 5.10 Å². The summed E-state index contributed by atoms with van der Waals surface area (Å²) in [6.45, 7) is 1.79. The second kappa shape index (κ2) is 7.96. The van der Waals surface area contributed by atoms with E-state index in [0.717, 1.165) is 42.3 Å². The minimum absolute atomic E-state index is 0.144. The van der Waals surface area contributed by atoms with Crippen molar-refractivity contribution in [2.75, 3.05) is 0 Å². The van der Waals surface area contributed by atoms with Crippen LogP contribution < -0.4 is 10.9 Å². The number of amides is 2. The van der Waals surface area contributed by atoms with Crippen molar-refractivity contribution in [2.45, 2.75) is 32.6 Å². The molecule has 0 unspecified atom stereocenters. The van der Waals surface area contributed by atoms with Gasteiger partial charge in [-0.05, 0) is 62.9 Å². The second-order valence-electron chi connectivity index (χ2n) is 7.83. The quantitative estimate of drug-likeness (QED) is 0.479. The van der Waals surface area contributed by atoms with Crippen molar-refractivity contribution >= 4 is 22.8 Å². The van der Waals surface area contributed by atoms with Gasteiger partial charge in [0.1, 0.15) is 11.4 Å². The average Bonchev–Trinajstić information content (AvgIpc) is 3.37. The zero-order valence-corrected chi connectivity index (χ0v) is 17.4. The number of aryl methyl sites for hydroxylation is 1. The van der Waals surface area contributed by atoms with E-state index in [2.05, 4.69) is 16.0 Å². The zero-order chi connectivity index (χ0) is 22.2. The SMILES string of the molecule is Cc1c(C(=O)NNC(=O)c2nn(-c3ccc(F)cc3)c3c2CCCC3)oc2ccccc12. The molecule has 1 aliphatic rings. The first-order chi connectivity index (χ1) is 15.5. The number of benzene rings is 2. The Morgan fingerprint density at radius 2 is 1.72 bits per heavy atom. The number of hydrogen-bond acceptors (Lipinski definition) is 4. The third-order valence-electron chi connectivity index (χ3n) is 5.81. The molecular formula is C24H21FN4O3. The second-order valence-corrected chi connectivity index (χ2v) is 7.83. The van der Waals surface area contributed by atoms with Crippen LogP contribution in [0.5, 0.6) is 0 Å². The van der Waals surface area contributed by atoms with Gasteiger partial charge in [0, 0.05) is 22.2 Å². The van der Waals surface area contributed by atoms with E-state index in [1.807, 2.05) is 18.2 Å². The van der Waals surface area contributed by atoms with Crippen LogP contribution in [0.4, 0.5) is 4.39 Å². The number of hydrazine groups is 1. The molecule has 162 valence electrons. The van der Waals surface area contributed by atoms with Gasteiger partial charge < -0.3 is 4.42 Å². The monoisotopic (exact) mass is 432 g/mol. The van der Waals surface area contributed by atoms with Crippen molar-refractivity contribution < 1.29 is 18.4 Å². The van der Waals surface area contributed by atoms with Gasteiger partial charge in [0.25, 0.3) is 5.91 Å². The smallest absolute Gasteiger partial charge is 0.305 e. The fraction of sp³-hybridized carbons (Fsp3) is 0.208. The number of fused-ring (bicyclic) bond motifs is 2. The topological polar surface area (TPSA) is 89.2 Å². The Morgan fingerprint density at radius 3 is 2.50 bits per heavy atom. The van der Waals surface area contributed by atoms with Gasteiger partial charge in [0.05, 0.1) is 5.69 Å². The standard InChI is InChI=1S/C24H21FN4O3/c1-14-17-6-3-5-9-20(17)32-22(14)24(31)27-26-23(30)21-18-7-2-4-8-19(18)29(28-21)16-12-10-15(25)11-13-16/h3,5-6,9-13H,2,4,7-8H2,1H3,(H,26,30)(H,27,31). The van der Waals surface area contributed by atoms with Gasteiger partial charge in [0.2, 0.25) is 0 Å². The number of nitrogens with one attached hydrogen (secondary N) is 2. The van der Waals surface area contributed by atoms with Crippen molar-refractivity contribution in [1.82, 2.24) is 20.6 Å². The minimum Gasteiger partial charge on any atom is -0.451 e. The van der Waals surface area contributed by atoms with Crippen LogP contribution in [-0.2, 0) is 12.8 Å². The lowest BCUT2D eigenvalue weighted by atomic mass is 9.95. The molecule has 5 rings (SSSR count). The number of para-hydroxylation sites is 1. The van der Waals surface area contributed by atoms with E-state index in [-0.39, 0.29) is 17.3 Å². The van der Waals surface area contributed by atoms with Crippen LogP contribution in [0.1, 0.15) is 50.7 Å². The minimum atomic E-state index is -0.543. The maximum Gasteiger partial charge on any atom is 0.305 e. The van der Waals surface area contributed by atoms with E-state index in [1.165, 1.54) is 12.1 Å². The molecule has 0 aliphatic heterocycles. The van der Waals surface area contributed by atoms with Crippen LogP contribution in [0, 0.1) is 12.7 Å². The summed E-state index contributed by atoms with van der Waals surface area (Å²) in [5.41, 5.74) is 8.93.